The summed E-state index contributed by atoms with van der Waals surface area (Å²) >= 11 is 7.39. The van der Waals surface area contributed by atoms with Gasteiger partial charge in [-0.2, -0.15) is 11.8 Å². The fourth-order valence-electron chi connectivity index (χ4n) is 1.50. The van der Waals surface area contributed by atoms with Crippen molar-refractivity contribution in [3.8, 4) is 0 Å². The van der Waals surface area contributed by atoms with E-state index in [4.69, 9.17) is 12.2 Å². The molecule has 0 bridgehead atoms. The summed E-state index contributed by atoms with van der Waals surface area (Å²) in [6.07, 6.45) is 2.43. The molecule has 82 valence electrons. The lowest BCUT2D eigenvalue weighted by molar-refractivity contribution is 0.359. The summed E-state index contributed by atoms with van der Waals surface area (Å²) in [5.74, 6) is 2.41. The van der Waals surface area contributed by atoms with E-state index in [0.29, 0.717) is 6.04 Å². The number of hydrogen-bond acceptors (Lipinski definition) is 2. The highest BCUT2D eigenvalue weighted by Crippen LogP contribution is 2.15. The van der Waals surface area contributed by atoms with Crippen LogP contribution in [0, 0.1) is 0 Å². The first-order chi connectivity index (χ1) is 6.75. The van der Waals surface area contributed by atoms with E-state index in [0.717, 1.165) is 18.2 Å². The molecule has 0 aromatic heterocycles. The molecule has 1 atom stereocenters. The summed E-state index contributed by atoms with van der Waals surface area (Å²) in [7, 11) is 0. The van der Waals surface area contributed by atoms with Gasteiger partial charge in [-0.25, -0.2) is 0 Å². The maximum atomic E-state index is 5.37. The van der Waals surface area contributed by atoms with Crippen molar-refractivity contribution in [2.75, 3.05) is 24.6 Å². The Morgan fingerprint density at radius 3 is 3.07 bits per heavy atom. The number of thiocarbonyl (C=S) groups is 1. The van der Waals surface area contributed by atoms with E-state index in [2.05, 4.69) is 24.1 Å². The van der Waals surface area contributed by atoms with Crippen LogP contribution >= 0.6 is 24.0 Å². The van der Waals surface area contributed by atoms with Crippen molar-refractivity contribution in [2.45, 2.75) is 32.7 Å². The van der Waals surface area contributed by atoms with Crippen molar-refractivity contribution in [2.24, 2.45) is 0 Å². The molecular weight excluding hydrogens is 212 g/mol. The summed E-state index contributed by atoms with van der Waals surface area (Å²) < 4.78 is 0. The molecule has 4 heteroatoms. The molecule has 0 radical (unpaired) electrons. The maximum Gasteiger partial charge on any atom is 0.169 e. The van der Waals surface area contributed by atoms with Gasteiger partial charge in [0.15, 0.2) is 5.11 Å². The first-order valence-corrected chi connectivity index (χ1v) is 6.94. The smallest absolute Gasteiger partial charge is 0.169 e. The molecule has 1 aliphatic heterocycles. The summed E-state index contributed by atoms with van der Waals surface area (Å²) in [4.78, 5) is 2.32. The van der Waals surface area contributed by atoms with Gasteiger partial charge in [-0.15, -0.1) is 0 Å². The van der Waals surface area contributed by atoms with Gasteiger partial charge in [0.25, 0.3) is 0 Å². The van der Waals surface area contributed by atoms with Gasteiger partial charge < -0.3 is 10.2 Å². The van der Waals surface area contributed by atoms with E-state index in [1.807, 2.05) is 11.8 Å². The summed E-state index contributed by atoms with van der Waals surface area (Å²) in [5.41, 5.74) is 0. The molecule has 1 saturated heterocycles. The number of nitrogens with zero attached hydrogens (tertiary/aromatic N) is 1. The highest BCUT2D eigenvalue weighted by Gasteiger charge is 2.20. The lowest BCUT2D eigenvalue weighted by Gasteiger charge is -2.35. The van der Waals surface area contributed by atoms with Crippen molar-refractivity contribution < 1.29 is 0 Å². The van der Waals surface area contributed by atoms with Gasteiger partial charge in [-0.3, -0.25) is 0 Å². The van der Waals surface area contributed by atoms with Gasteiger partial charge in [0.2, 0.25) is 0 Å². The minimum Gasteiger partial charge on any atom is -0.363 e. The third-order valence-corrected chi connectivity index (χ3v) is 4.00. The molecule has 0 spiro atoms. The molecule has 1 fully saturated rings. The van der Waals surface area contributed by atoms with E-state index in [-0.39, 0.29) is 0 Å². The molecule has 1 aliphatic rings. The van der Waals surface area contributed by atoms with Crippen LogP contribution in [0.5, 0.6) is 0 Å². The molecule has 0 saturated carbocycles. The highest BCUT2D eigenvalue weighted by atomic mass is 32.2. The van der Waals surface area contributed by atoms with Gasteiger partial charge in [-0.1, -0.05) is 13.3 Å². The van der Waals surface area contributed by atoms with Crippen LogP contribution in [-0.4, -0.2) is 40.6 Å². The van der Waals surface area contributed by atoms with E-state index in [1.165, 1.54) is 24.3 Å². The minimum atomic E-state index is 0.593. The lowest BCUT2D eigenvalue weighted by atomic mass is 10.3. The van der Waals surface area contributed by atoms with Crippen molar-refractivity contribution in [3.63, 3.8) is 0 Å². The Morgan fingerprint density at radius 2 is 2.43 bits per heavy atom. The van der Waals surface area contributed by atoms with Crippen molar-refractivity contribution in [1.29, 1.82) is 0 Å². The average Bonchev–Trinajstić information content (AvgIpc) is 2.18. The topological polar surface area (TPSA) is 15.3 Å². The predicted molar refractivity (Wildman–Crippen MR) is 69.0 cm³/mol. The van der Waals surface area contributed by atoms with Crippen molar-refractivity contribution in [1.82, 2.24) is 10.2 Å². The zero-order valence-corrected chi connectivity index (χ0v) is 10.7. The molecule has 1 unspecified atom stereocenters. The second kappa shape index (κ2) is 6.51. The third kappa shape index (κ3) is 3.65. The largest absolute Gasteiger partial charge is 0.363 e. The number of thioether (sulfide) groups is 1. The molecular formula is C10H20N2S2. The fraction of sp³-hybridized carbons (Fsp3) is 0.900. The van der Waals surface area contributed by atoms with Gasteiger partial charge in [-0.05, 0) is 25.6 Å². The summed E-state index contributed by atoms with van der Waals surface area (Å²) in [6, 6.07) is 0.593. The Labute approximate surface area is 96.8 Å². The Morgan fingerprint density at radius 1 is 1.64 bits per heavy atom. The monoisotopic (exact) mass is 232 g/mol. The number of unbranched alkanes of at least 4 members (excludes halogenated alkanes) is 1. The van der Waals surface area contributed by atoms with Gasteiger partial charge in [0.1, 0.15) is 0 Å². The standard InChI is InChI=1S/C10H20N2S2/c1-3-4-5-11-10(13)12-6-7-14-8-9(12)2/h9H,3-8H2,1-2H3,(H,11,13). The van der Waals surface area contributed by atoms with Crippen LogP contribution < -0.4 is 5.32 Å². The van der Waals surface area contributed by atoms with Crippen LogP contribution in [0.1, 0.15) is 26.7 Å². The first kappa shape index (κ1) is 12.1. The highest BCUT2D eigenvalue weighted by molar-refractivity contribution is 7.99. The molecule has 0 aromatic rings. The lowest BCUT2D eigenvalue weighted by Crippen LogP contribution is -2.49. The number of rotatable bonds is 3. The third-order valence-electron chi connectivity index (χ3n) is 2.44. The second-order valence-electron chi connectivity index (χ2n) is 3.70. The summed E-state index contributed by atoms with van der Waals surface area (Å²) in [5, 5.41) is 4.28. The Balaban J connectivity index is 2.27. The molecule has 14 heavy (non-hydrogen) atoms. The minimum absolute atomic E-state index is 0.593. The fourth-order valence-corrected chi connectivity index (χ4v) is 2.89. The summed E-state index contributed by atoms with van der Waals surface area (Å²) in [6.45, 7) is 6.57. The van der Waals surface area contributed by atoms with Crippen LogP contribution in [0.2, 0.25) is 0 Å². The quantitative estimate of drug-likeness (QED) is 0.592. The molecule has 1 heterocycles. The molecule has 0 aromatic carbocycles. The normalized spacial score (nSPS) is 22.1. The molecule has 1 rings (SSSR count). The zero-order valence-electron chi connectivity index (χ0n) is 9.08. The zero-order chi connectivity index (χ0) is 10.4. The molecule has 0 amide bonds. The van der Waals surface area contributed by atoms with Crippen LogP contribution in [0.3, 0.4) is 0 Å². The van der Waals surface area contributed by atoms with E-state index < -0.39 is 0 Å². The van der Waals surface area contributed by atoms with Crippen LogP contribution in [0.4, 0.5) is 0 Å². The second-order valence-corrected chi connectivity index (χ2v) is 5.24. The Bertz CT molecular complexity index is 185. The van der Waals surface area contributed by atoms with Gasteiger partial charge in [0.05, 0.1) is 0 Å². The van der Waals surface area contributed by atoms with Crippen molar-refractivity contribution in [3.05, 3.63) is 0 Å². The van der Waals surface area contributed by atoms with Gasteiger partial charge >= 0.3 is 0 Å². The van der Waals surface area contributed by atoms with Gasteiger partial charge in [0, 0.05) is 30.6 Å². The first-order valence-electron chi connectivity index (χ1n) is 5.38. The number of hydrogen-bond donors (Lipinski definition) is 1. The van der Waals surface area contributed by atoms with Crippen LogP contribution in [0.25, 0.3) is 0 Å². The molecule has 0 aliphatic carbocycles. The Kier molecular flexibility index (Phi) is 5.63. The van der Waals surface area contributed by atoms with Crippen molar-refractivity contribution >= 4 is 29.1 Å². The van der Waals surface area contributed by atoms with E-state index in [9.17, 15) is 0 Å². The van der Waals surface area contributed by atoms with E-state index >= 15 is 0 Å². The maximum absolute atomic E-state index is 5.37. The number of nitrogens with one attached hydrogen (secondary N) is 1. The SMILES string of the molecule is CCCCNC(=S)N1CCSCC1C. The van der Waals surface area contributed by atoms with E-state index in [1.54, 1.807) is 0 Å². The molecule has 1 N–H and O–H groups in total. The average molecular weight is 232 g/mol. The van der Waals surface area contributed by atoms with Crippen LogP contribution in [-0.2, 0) is 0 Å². The Hall–Kier alpha value is 0.0400. The molecule has 2 nitrogen and oxygen atoms in total. The van der Waals surface area contributed by atoms with Crippen LogP contribution in [0.15, 0.2) is 0 Å². The predicted octanol–water partition coefficient (Wildman–Crippen LogP) is 2.10.